The molecule has 0 atom stereocenters. The fourth-order valence-electron chi connectivity index (χ4n) is 2.17. The monoisotopic (exact) mass is 359 g/mol. The molecule has 3 rings (SSSR count). The molecule has 0 radical (unpaired) electrons. The number of rotatable bonds is 2. The maximum absolute atomic E-state index is 5.41. The number of hydrogen-bond donors (Lipinski definition) is 2. The van der Waals surface area contributed by atoms with E-state index in [1.165, 1.54) is 16.7 Å². The first-order valence-corrected chi connectivity index (χ1v) is 6.12. The molecule has 0 aromatic heterocycles. The van der Waals surface area contributed by atoms with Crippen molar-refractivity contribution in [3.63, 3.8) is 0 Å². The number of ether oxygens (including phenoxy) is 1. The van der Waals surface area contributed by atoms with Crippen molar-refractivity contribution in [2.45, 2.75) is 26.2 Å². The van der Waals surface area contributed by atoms with Gasteiger partial charge in [0.25, 0.3) is 0 Å². The Morgan fingerprint density at radius 3 is 3.00 bits per heavy atom. The van der Waals surface area contributed by atoms with Gasteiger partial charge >= 0.3 is 0 Å². The van der Waals surface area contributed by atoms with Crippen LogP contribution < -0.4 is 10.6 Å². The first-order valence-electron chi connectivity index (χ1n) is 6.12. The number of benzene rings is 1. The van der Waals surface area contributed by atoms with Crippen LogP contribution in [-0.4, -0.2) is 19.0 Å². The molecule has 2 heterocycles. The van der Waals surface area contributed by atoms with E-state index in [1.54, 1.807) is 0 Å². The highest BCUT2D eigenvalue weighted by Gasteiger charge is 2.11. The van der Waals surface area contributed by atoms with Gasteiger partial charge < -0.3 is 15.4 Å². The van der Waals surface area contributed by atoms with E-state index in [9.17, 15) is 0 Å². The quantitative estimate of drug-likeness (QED) is 0.792. The SMILES string of the molecule is I.c1cc2c(cc1CNC1=NCCCN1)COC2. The smallest absolute Gasteiger partial charge is 0.191 e. The van der Waals surface area contributed by atoms with Crippen molar-refractivity contribution in [1.82, 2.24) is 10.6 Å². The van der Waals surface area contributed by atoms with Crippen molar-refractivity contribution >= 4 is 29.9 Å². The summed E-state index contributed by atoms with van der Waals surface area (Å²) in [5, 5.41) is 6.58. The van der Waals surface area contributed by atoms with Gasteiger partial charge in [-0.25, -0.2) is 0 Å². The Labute approximate surface area is 124 Å². The highest BCUT2D eigenvalue weighted by Crippen LogP contribution is 2.20. The highest BCUT2D eigenvalue weighted by molar-refractivity contribution is 14.0. The number of guanidine groups is 1. The van der Waals surface area contributed by atoms with Crippen molar-refractivity contribution < 1.29 is 4.74 Å². The lowest BCUT2D eigenvalue weighted by molar-refractivity contribution is 0.134. The van der Waals surface area contributed by atoms with Crippen molar-refractivity contribution in [2.75, 3.05) is 13.1 Å². The molecule has 0 bridgehead atoms. The second-order valence-corrected chi connectivity index (χ2v) is 4.46. The molecule has 5 heteroatoms. The fourth-order valence-corrected chi connectivity index (χ4v) is 2.17. The molecule has 2 aliphatic heterocycles. The molecule has 0 spiro atoms. The Morgan fingerprint density at radius 2 is 2.17 bits per heavy atom. The predicted molar refractivity (Wildman–Crippen MR) is 82.1 cm³/mol. The van der Waals surface area contributed by atoms with E-state index in [-0.39, 0.29) is 24.0 Å². The summed E-state index contributed by atoms with van der Waals surface area (Å²) in [6.07, 6.45) is 1.13. The van der Waals surface area contributed by atoms with Crippen molar-refractivity contribution in [2.24, 2.45) is 4.99 Å². The molecule has 98 valence electrons. The molecule has 0 aliphatic carbocycles. The van der Waals surface area contributed by atoms with Crippen molar-refractivity contribution in [1.29, 1.82) is 0 Å². The van der Waals surface area contributed by atoms with E-state index in [0.717, 1.165) is 45.2 Å². The minimum Gasteiger partial charge on any atom is -0.372 e. The molecular weight excluding hydrogens is 341 g/mol. The zero-order valence-electron chi connectivity index (χ0n) is 10.2. The molecule has 0 fully saturated rings. The van der Waals surface area contributed by atoms with Crippen molar-refractivity contribution in [3.8, 4) is 0 Å². The van der Waals surface area contributed by atoms with Gasteiger partial charge in [0.1, 0.15) is 0 Å². The Balaban J connectivity index is 0.00000120. The van der Waals surface area contributed by atoms with E-state index in [0.29, 0.717) is 0 Å². The summed E-state index contributed by atoms with van der Waals surface area (Å²) in [4.78, 5) is 4.39. The van der Waals surface area contributed by atoms with Crippen LogP contribution in [0.5, 0.6) is 0 Å². The molecule has 0 saturated heterocycles. The third-order valence-corrected chi connectivity index (χ3v) is 3.14. The van der Waals surface area contributed by atoms with Crippen LogP contribution in [0.1, 0.15) is 23.1 Å². The van der Waals surface area contributed by atoms with Crippen LogP contribution in [-0.2, 0) is 24.5 Å². The molecule has 2 aliphatic rings. The molecule has 1 aromatic carbocycles. The van der Waals surface area contributed by atoms with Gasteiger partial charge in [-0.3, -0.25) is 4.99 Å². The van der Waals surface area contributed by atoms with E-state index in [2.05, 4.69) is 33.8 Å². The van der Waals surface area contributed by atoms with E-state index >= 15 is 0 Å². The number of halogens is 1. The normalized spacial score (nSPS) is 17.2. The molecule has 2 N–H and O–H groups in total. The second kappa shape index (κ2) is 6.38. The van der Waals surface area contributed by atoms with Gasteiger partial charge in [-0.05, 0) is 23.1 Å². The van der Waals surface area contributed by atoms with Crippen LogP contribution in [0.3, 0.4) is 0 Å². The van der Waals surface area contributed by atoms with Gasteiger partial charge in [0.05, 0.1) is 13.2 Å². The summed E-state index contributed by atoms with van der Waals surface area (Å²) < 4.78 is 5.41. The van der Waals surface area contributed by atoms with Gasteiger partial charge in [-0.2, -0.15) is 0 Å². The Bertz CT molecular complexity index is 448. The number of fused-ring (bicyclic) bond motifs is 1. The summed E-state index contributed by atoms with van der Waals surface area (Å²) >= 11 is 0. The van der Waals surface area contributed by atoms with Crippen LogP contribution >= 0.6 is 24.0 Å². The van der Waals surface area contributed by atoms with E-state index in [1.807, 2.05) is 0 Å². The molecule has 18 heavy (non-hydrogen) atoms. The van der Waals surface area contributed by atoms with E-state index < -0.39 is 0 Å². The second-order valence-electron chi connectivity index (χ2n) is 4.46. The molecular formula is C13H18IN3O. The van der Waals surface area contributed by atoms with Gasteiger partial charge in [-0.15, -0.1) is 24.0 Å². The minimum absolute atomic E-state index is 0. The fraction of sp³-hybridized carbons (Fsp3) is 0.462. The van der Waals surface area contributed by atoms with Crippen LogP contribution in [0, 0.1) is 0 Å². The first kappa shape index (κ1) is 13.6. The summed E-state index contributed by atoms with van der Waals surface area (Å²) in [6.45, 7) is 4.27. The number of nitrogens with zero attached hydrogens (tertiary/aromatic N) is 1. The van der Waals surface area contributed by atoms with Gasteiger partial charge in [0, 0.05) is 19.6 Å². The van der Waals surface area contributed by atoms with Gasteiger partial charge in [-0.1, -0.05) is 18.2 Å². The predicted octanol–water partition coefficient (Wildman–Crippen LogP) is 1.77. The standard InChI is InChI=1S/C13H17N3O.HI/c1-4-14-13(15-5-1)16-7-10-2-3-11-8-17-9-12(11)6-10;/h2-3,6H,1,4-5,7-9H2,(H2,14,15,16);1H. The molecule has 4 nitrogen and oxygen atoms in total. The van der Waals surface area contributed by atoms with Crippen molar-refractivity contribution in [3.05, 3.63) is 34.9 Å². The van der Waals surface area contributed by atoms with Crippen LogP contribution in [0.15, 0.2) is 23.2 Å². The number of hydrogen-bond acceptors (Lipinski definition) is 4. The average Bonchev–Trinajstić information content (AvgIpc) is 2.85. The van der Waals surface area contributed by atoms with Crippen LogP contribution in [0.25, 0.3) is 0 Å². The summed E-state index contributed by atoms with van der Waals surface area (Å²) in [5.41, 5.74) is 3.93. The number of aliphatic imine (C=N–C) groups is 1. The Morgan fingerprint density at radius 1 is 1.28 bits per heavy atom. The minimum atomic E-state index is 0. The summed E-state index contributed by atoms with van der Waals surface area (Å²) in [7, 11) is 0. The Hall–Kier alpha value is -0.820. The van der Waals surface area contributed by atoms with Gasteiger partial charge in [0.15, 0.2) is 5.96 Å². The zero-order chi connectivity index (χ0) is 11.5. The molecule has 0 saturated carbocycles. The average molecular weight is 359 g/mol. The highest BCUT2D eigenvalue weighted by atomic mass is 127. The maximum Gasteiger partial charge on any atom is 0.191 e. The maximum atomic E-state index is 5.41. The van der Waals surface area contributed by atoms with Crippen LogP contribution in [0.4, 0.5) is 0 Å². The zero-order valence-corrected chi connectivity index (χ0v) is 12.6. The lowest BCUT2D eigenvalue weighted by Gasteiger charge is -2.16. The summed E-state index contributed by atoms with van der Waals surface area (Å²) in [6, 6.07) is 6.54. The first-order chi connectivity index (χ1) is 8.42. The number of nitrogens with one attached hydrogen (secondary N) is 2. The lowest BCUT2D eigenvalue weighted by Crippen LogP contribution is -2.40. The van der Waals surface area contributed by atoms with Gasteiger partial charge in [0.2, 0.25) is 0 Å². The third kappa shape index (κ3) is 3.14. The van der Waals surface area contributed by atoms with E-state index in [4.69, 9.17) is 4.74 Å². The third-order valence-electron chi connectivity index (χ3n) is 3.14. The lowest BCUT2D eigenvalue weighted by atomic mass is 10.1. The molecule has 1 aromatic rings. The molecule has 0 unspecified atom stereocenters. The largest absolute Gasteiger partial charge is 0.372 e. The summed E-state index contributed by atoms with van der Waals surface area (Å²) in [5.74, 6) is 0.924. The topological polar surface area (TPSA) is 45.7 Å². The van der Waals surface area contributed by atoms with Crippen LogP contribution in [0.2, 0.25) is 0 Å². The Kier molecular flexibility index (Phi) is 4.82. The molecule has 0 amide bonds.